The number of rotatable bonds is 5. The van der Waals surface area contributed by atoms with Crippen molar-refractivity contribution in [2.24, 2.45) is 0 Å². The Bertz CT molecular complexity index is 1270. The van der Waals surface area contributed by atoms with E-state index in [9.17, 15) is 4.79 Å². The van der Waals surface area contributed by atoms with E-state index in [1.165, 1.54) is 11.1 Å². The number of aryl methyl sites for hydroxylation is 1. The molecule has 0 saturated heterocycles. The molecule has 0 bridgehead atoms. The number of nitrogens with zero attached hydrogens (tertiary/aromatic N) is 3. The monoisotopic (exact) mass is 430 g/mol. The molecule has 156 valence electrons. The Hall–Kier alpha value is -3.24. The first kappa shape index (κ1) is 21.0. The van der Waals surface area contributed by atoms with Crippen molar-refractivity contribution < 1.29 is 9.37 Å². The third-order valence-electron chi connectivity index (χ3n) is 5.54. The molecule has 2 aromatic carbocycles. The summed E-state index contributed by atoms with van der Waals surface area (Å²) in [6.45, 7) is 4.93. The van der Waals surface area contributed by atoms with Crippen molar-refractivity contribution in [2.45, 2.75) is 20.3 Å². The number of pyridine rings is 1. The van der Waals surface area contributed by atoms with Crippen LogP contribution in [-0.2, 0) is 6.42 Å². The predicted molar refractivity (Wildman–Crippen MR) is 127 cm³/mol. The van der Waals surface area contributed by atoms with Gasteiger partial charge in [0.25, 0.3) is 5.91 Å². The van der Waals surface area contributed by atoms with Crippen LogP contribution in [0.4, 0.5) is 0 Å². The van der Waals surface area contributed by atoms with Gasteiger partial charge in [-0.1, -0.05) is 29.3 Å². The van der Waals surface area contributed by atoms with E-state index in [-0.39, 0.29) is 5.91 Å². The normalized spacial score (nSPS) is 11.8. The summed E-state index contributed by atoms with van der Waals surface area (Å²) in [4.78, 5) is 17.7. The van der Waals surface area contributed by atoms with Gasteiger partial charge in [-0.15, -0.1) is 0 Å². The van der Waals surface area contributed by atoms with Crippen LogP contribution in [-0.4, -0.2) is 39.8 Å². The highest BCUT2D eigenvalue weighted by Gasteiger charge is 2.20. The largest absolute Gasteiger partial charge is 0.280 e. The Balaban J connectivity index is 1.71. The molecule has 4 rings (SSSR count). The molecule has 0 spiro atoms. The highest BCUT2D eigenvalue weighted by molar-refractivity contribution is 6.30. The maximum atomic E-state index is 13.4. The minimum atomic E-state index is -0.0392. The molecule has 0 unspecified atom stereocenters. The maximum Gasteiger partial charge on any atom is 0.262 e. The van der Waals surface area contributed by atoms with Crippen molar-refractivity contribution in [3.8, 4) is 0 Å². The molecule has 5 heteroatoms. The molecule has 0 atom stereocenters. The van der Waals surface area contributed by atoms with Gasteiger partial charge in [0, 0.05) is 34.3 Å². The number of fused-ring (bicyclic) bond motifs is 1. The highest BCUT2D eigenvalue weighted by atomic mass is 35.5. The molecule has 31 heavy (non-hydrogen) atoms. The quantitative estimate of drug-likeness (QED) is 0.318. The van der Waals surface area contributed by atoms with Gasteiger partial charge in [-0.3, -0.25) is 14.3 Å². The zero-order valence-corrected chi connectivity index (χ0v) is 18.7. The smallest absolute Gasteiger partial charge is 0.262 e. The van der Waals surface area contributed by atoms with Gasteiger partial charge in [0.1, 0.15) is 19.3 Å². The Morgan fingerprint density at radius 3 is 2.58 bits per heavy atom. The molecule has 2 heterocycles. The fraction of sp³-hybridized carbons (Fsp3) is 0.192. The number of hydrogen-bond donors (Lipinski definition) is 0. The predicted octanol–water partition coefficient (Wildman–Crippen LogP) is 5.30. The molecule has 4 nitrogen and oxygen atoms in total. The van der Waals surface area contributed by atoms with Crippen molar-refractivity contribution in [3.63, 3.8) is 0 Å². The lowest BCUT2D eigenvalue weighted by Crippen LogP contribution is -2.15. The van der Waals surface area contributed by atoms with Crippen molar-refractivity contribution in [3.05, 3.63) is 100.0 Å². The Labute approximate surface area is 187 Å². The van der Waals surface area contributed by atoms with Crippen LogP contribution in [0.3, 0.4) is 0 Å². The van der Waals surface area contributed by atoms with Crippen LogP contribution in [0.5, 0.6) is 0 Å². The second-order valence-electron chi connectivity index (χ2n) is 7.85. The summed E-state index contributed by atoms with van der Waals surface area (Å²) >= 11 is 6.01. The van der Waals surface area contributed by atoms with Crippen LogP contribution in [0.25, 0.3) is 10.9 Å². The van der Waals surface area contributed by atoms with Crippen LogP contribution >= 0.6 is 11.6 Å². The first-order chi connectivity index (χ1) is 14.9. The second-order valence-corrected chi connectivity index (χ2v) is 8.28. The Morgan fingerprint density at radius 1 is 1.10 bits per heavy atom. The molecule has 0 fully saturated rings. The van der Waals surface area contributed by atoms with Gasteiger partial charge in [-0.25, -0.2) is 4.58 Å². The van der Waals surface area contributed by atoms with Crippen molar-refractivity contribution in [2.75, 3.05) is 13.6 Å². The van der Waals surface area contributed by atoms with Crippen LogP contribution < -0.4 is 0 Å². The van der Waals surface area contributed by atoms with E-state index >= 15 is 0 Å². The molecular formula is C26H25ClN3O+. The number of carbonyl (C=O) groups excluding carboxylic acids is 1. The summed E-state index contributed by atoms with van der Waals surface area (Å²) in [6.07, 6.45) is 4.66. The summed E-state index contributed by atoms with van der Waals surface area (Å²) in [5.74, 6) is -0.0392. The minimum Gasteiger partial charge on any atom is -0.280 e. The summed E-state index contributed by atoms with van der Waals surface area (Å²) in [5, 5.41) is 1.75. The van der Waals surface area contributed by atoms with Gasteiger partial charge >= 0.3 is 0 Å². The molecule has 0 radical (unpaired) electrons. The Morgan fingerprint density at radius 2 is 1.87 bits per heavy atom. The summed E-state index contributed by atoms with van der Waals surface area (Å²) < 4.78 is 3.97. The molecular weight excluding hydrogens is 406 g/mol. The number of likely N-dealkylation sites (N-methyl/N-ethyl adjacent to an activating group) is 1. The average Bonchev–Trinajstić information content (AvgIpc) is 3.03. The van der Waals surface area contributed by atoms with E-state index in [4.69, 9.17) is 11.6 Å². The van der Waals surface area contributed by atoms with E-state index in [0.717, 1.165) is 35.3 Å². The number of benzene rings is 2. The number of hydrogen-bond acceptors (Lipinski definition) is 2. The van der Waals surface area contributed by atoms with Crippen molar-refractivity contribution >= 4 is 34.6 Å². The van der Waals surface area contributed by atoms with Gasteiger partial charge in [0.15, 0.2) is 6.21 Å². The minimum absolute atomic E-state index is 0.0392. The third kappa shape index (κ3) is 4.44. The molecule has 0 aliphatic carbocycles. The highest BCUT2D eigenvalue weighted by Crippen LogP contribution is 2.28. The summed E-state index contributed by atoms with van der Waals surface area (Å²) in [5.41, 5.74) is 5.84. The van der Waals surface area contributed by atoms with E-state index in [0.29, 0.717) is 10.6 Å². The zero-order chi connectivity index (χ0) is 22.0. The van der Waals surface area contributed by atoms with Gasteiger partial charge < -0.3 is 0 Å². The maximum absolute atomic E-state index is 13.4. The molecule has 2 aromatic heterocycles. The summed E-state index contributed by atoms with van der Waals surface area (Å²) in [7, 11) is 2.05. The molecule has 0 saturated carbocycles. The lowest BCUT2D eigenvalue weighted by atomic mass is 10.1. The molecule has 0 N–H and O–H groups in total. The Kier molecular flexibility index (Phi) is 6.01. The molecule has 0 aliphatic heterocycles. The van der Waals surface area contributed by atoms with Gasteiger partial charge in [-0.2, -0.15) is 0 Å². The zero-order valence-electron chi connectivity index (χ0n) is 18.0. The molecule has 0 amide bonds. The molecule has 0 aliphatic rings. The van der Waals surface area contributed by atoms with E-state index in [1.807, 2.05) is 49.0 Å². The van der Waals surface area contributed by atoms with Gasteiger partial charge in [0.2, 0.25) is 0 Å². The fourth-order valence-electron chi connectivity index (χ4n) is 3.93. The fourth-order valence-corrected chi connectivity index (χ4v) is 4.05. The van der Waals surface area contributed by atoms with Gasteiger partial charge in [0.05, 0.1) is 5.52 Å². The van der Waals surface area contributed by atoms with E-state index in [1.54, 1.807) is 30.5 Å². The second kappa shape index (κ2) is 8.86. The lowest BCUT2D eigenvalue weighted by Gasteiger charge is -2.08. The van der Waals surface area contributed by atoms with Crippen molar-refractivity contribution in [1.29, 1.82) is 0 Å². The topological polar surface area (TPSA) is 37.9 Å². The number of aromatic nitrogens is 2. The van der Waals surface area contributed by atoms with Crippen LogP contribution in [0, 0.1) is 13.8 Å². The summed E-state index contributed by atoms with van der Waals surface area (Å²) in [6, 6.07) is 19.2. The molecule has 4 aromatic rings. The number of carbonyl (C=O) groups is 1. The first-order valence-corrected chi connectivity index (χ1v) is 10.7. The van der Waals surface area contributed by atoms with Crippen LogP contribution in [0.15, 0.2) is 66.9 Å². The van der Waals surface area contributed by atoms with E-state index < -0.39 is 0 Å². The van der Waals surface area contributed by atoms with Crippen molar-refractivity contribution in [1.82, 2.24) is 9.55 Å². The van der Waals surface area contributed by atoms with Gasteiger partial charge in [-0.05, 0) is 67.9 Å². The third-order valence-corrected chi connectivity index (χ3v) is 5.79. The average molecular weight is 431 g/mol. The lowest BCUT2D eigenvalue weighted by molar-refractivity contribution is -0.491. The van der Waals surface area contributed by atoms with E-state index in [2.05, 4.69) is 28.6 Å². The van der Waals surface area contributed by atoms with Crippen LogP contribution in [0.2, 0.25) is 5.02 Å². The number of halogens is 1. The van der Waals surface area contributed by atoms with Crippen LogP contribution in [0.1, 0.15) is 32.9 Å². The standard InChI is InChI=1S/C26H25ClN3O/c1-18-7-12-25-24(16-18)23(13-15-29(3)17-22-6-4-5-14-28-22)19(2)30(25)26(31)20-8-10-21(27)11-9-20/h4-12,14,16-17H,13,15H2,1-3H3/q+1. The SMILES string of the molecule is Cc1ccc2c(c1)c(CC[N+](C)=Cc1ccccn1)c(C)n2C(=O)c1ccc(Cl)cc1. The first-order valence-electron chi connectivity index (χ1n) is 10.3.